The van der Waals surface area contributed by atoms with Gasteiger partial charge in [-0.15, -0.1) is 12.4 Å². The third-order valence-corrected chi connectivity index (χ3v) is 12.2. The van der Waals surface area contributed by atoms with E-state index in [9.17, 15) is 9.59 Å². The molecule has 14 nitrogen and oxygen atoms in total. The highest BCUT2D eigenvalue weighted by molar-refractivity contribution is 6.31. The number of nitrogens with zero attached hydrogens (tertiary/aromatic N) is 4. The van der Waals surface area contributed by atoms with Gasteiger partial charge in [-0.3, -0.25) is 20.0 Å². The summed E-state index contributed by atoms with van der Waals surface area (Å²) in [5.74, 6) is 4.73. The van der Waals surface area contributed by atoms with Crippen LogP contribution in [0.5, 0.6) is 11.5 Å². The van der Waals surface area contributed by atoms with Crippen molar-refractivity contribution in [3.05, 3.63) is 81.1 Å². The first-order valence-corrected chi connectivity index (χ1v) is 24.7. The van der Waals surface area contributed by atoms with E-state index in [-0.39, 0.29) is 24.6 Å². The van der Waals surface area contributed by atoms with Crippen molar-refractivity contribution < 1.29 is 28.5 Å². The van der Waals surface area contributed by atoms with Gasteiger partial charge in [-0.05, 0) is 151 Å². The van der Waals surface area contributed by atoms with Crippen molar-refractivity contribution in [2.75, 3.05) is 50.0 Å². The molecule has 4 N–H and O–H groups in total. The third kappa shape index (κ3) is 19.0. The molecule has 0 aliphatic heterocycles. The van der Waals surface area contributed by atoms with Gasteiger partial charge >= 0.3 is 12.2 Å². The van der Waals surface area contributed by atoms with E-state index >= 15 is 0 Å². The summed E-state index contributed by atoms with van der Waals surface area (Å²) >= 11 is 12.4. The van der Waals surface area contributed by atoms with Crippen LogP contribution in [0.15, 0.2) is 48.5 Å². The molecule has 2 fully saturated rings. The molecule has 2 aromatic heterocycles. The zero-order chi connectivity index (χ0) is 47.6. The van der Waals surface area contributed by atoms with Gasteiger partial charge in [0.1, 0.15) is 23.7 Å². The van der Waals surface area contributed by atoms with E-state index in [1.807, 2.05) is 71.7 Å². The third-order valence-electron chi connectivity index (χ3n) is 11.8. The zero-order valence-corrected chi connectivity index (χ0v) is 43.1. The number of aryl methyl sites for hydroxylation is 2. The van der Waals surface area contributed by atoms with E-state index in [2.05, 4.69) is 73.0 Å². The molecule has 2 saturated carbocycles. The highest BCUT2D eigenvalue weighted by Gasteiger charge is 2.26. The number of amides is 2. The minimum absolute atomic E-state index is 0. The van der Waals surface area contributed by atoms with Crippen molar-refractivity contribution in [1.82, 2.24) is 30.2 Å². The lowest BCUT2D eigenvalue weighted by molar-refractivity contribution is 0.0736. The van der Waals surface area contributed by atoms with Crippen LogP contribution >= 0.6 is 35.6 Å². The standard InChI is InChI=1S/2C25H37ClN4O3.ClH/c2*1-5-27-14-19-6-9-22(10-7-19)33-25(31)28-24-12-18(4)30(29-24)15-20-13-21(26)8-11-23(20)32-16-17(2)3;/h2*8,11-13,17,19,22,27H,5-7,9-10,14-16H2,1-4H3,(H,28,29,31);1H. The van der Waals surface area contributed by atoms with Gasteiger partial charge in [-0.2, -0.15) is 10.2 Å². The Balaban J connectivity index is 0.000000288. The number of hydrogen-bond donors (Lipinski definition) is 4. The number of carbonyl (C=O) groups is 2. The van der Waals surface area contributed by atoms with Crippen molar-refractivity contribution in [2.45, 2.75) is 132 Å². The molecule has 2 aromatic carbocycles. The SMILES string of the molecule is CCNCC1CCC(OC(=O)Nc2cc(C)n(Cc3cc(Cl)ccc3OCC(C)C)n2)CC1.CCNCC1CCC(OC(=O)Nc2cc(C)n(Cc3cc(Cl)ccc3OCC(C)C)n2)CC1.Cl. The predicted molar refractivity (Wildman–Crippen MR) is 272 cm³/mol. The van der Waals surface area contributed by atoms with Crippen LogP contribution in [0.1, 0.15) is 115 Å². The lowest BCUT2D eigenvalue weighted by Gasteiger charge is -2.28. The van der Waals surface area contributed by atoms with E-state index in [0.717, 1.165) is 112 Å². The Morgan fingerprint density at radius 1 is 0.627 bits per heavy atom. The summed E-state index contributed by atoms with van der Waals surface area (Å²) in [6, 6.07) is 14.9. The Labute approximate surface area is 414 Å². The van der Waals surface area contributed by atoms with Gasteiger partial charge in [0.25, 0.3) is 0 Å². The summed E-state index contributed by atoms with van der Waals surface area (Å²) in [6.07, 6.45) is 7.01. The number of benzene rings is 2. The smallest absolute Gasteiger partial charge is 0.413 e. The fraction of sp³-hybridized carbons (Fsp3) is 0.600. The molecule has 67 heavy (non-hydrogen) atoms. The van der Waals surface area contributed by atoms with Crippen LogP contribution in [-0.2, 0) is 22.6 Å². The molecular formula is C50H75Cl3N8O6. The van der Waals surface area contributed by atoms with Gasteiger partial charge in [-0.25, -0.2) is 9.59 Å². The van der Waals surface area contributed by atoms with Crippen molar-refractivity contribution in [1.29, 1.82) is 0 Å². The second kappa shape index (κ2) is 28.3. The van der Waals surface area contributed by atoms with E-state index in [4.69, 9.17) is 42.1 Å². The molecule has 0 bridgehead atoms. The Morgan fingerprint density at radius 3 is 1.34 bits per heavy atom. The molecule has 4 aromatic rings. The van der Waals surface area contributed by atoms with Gasteiger partial charge in [0.15, 0.2) is 11.6 Å². The summed E-state index contributed by atoms with van der Waals surface area (Å²) in [4.78, 5) is 24.9. The minimum Gasteiger partial charge on any atom is -0.493 e. The van der Waals surface area contributed by atoms with Crippen molar-refractivity contribution in [2.24, 2.45) is 23.7 Å². The number of rotatable bonds is 20. The Bertz CT molecular complexity index is 1970. The fourth-order valence-corrected chi connectivity index (χ4v) is 8.49. The first-order chi connectivity index (χ1) is 31.7. The molecular weight excluding hydrogens is 915 g/mol. The van der Waals surface area contributed by atoms with E-state index < -0.39 is 12.2 Å². The topological polar surface area (TPSA) is 155 Å². The van der Waals surface area contributed by atoms with Gasteiger partial charge in [-0.1, -0.05) is 64.7 Å². The molecule has 0 unspecified atom stereocenters. The molecule has 2 heterocycles. The average Bonchev–Trinajstić information content (AvgIpc) is 3.80. The number of anilines is 2. The Hall–Kier alpha value is -4.21. The van der Waals surface area contributed by atoms with Crippen LogP contribution in [0.4, 0.5) is 21.2 Å². The number of ether oxygens (including phenoxy) is 4. The fourth-order valence-electron chi connectivity index (χ4n) is 8.10. The lowest BCUT2D eigenvalue weighted by Crippen LogP contribution is -2.31. The van der Waals surface area contributed by atoms with Gasteiger partial charge in [0.2, 0.25) is 0 Å². The molecule has 6 rings (SSSR count). The number of halogens is 3. The molecule has 2 aliphatic rings. The van der Waals surface area contributed by atoms with E-state index in [1.54, 1.807) is 0 Å². The maximum Gasteiger partial charge on any atom is 0.413 e. The number of nitrogens with one attached hydrogen (secondary N) is 4. The summed E-state index contributed by atoms with van der Waals surface area (Å²) in [7, 11) is 0. The highest BCUT2D eigenvalue weighted by atomic mass is 35.5. The molecule has 0 spiro atoms. The number of aromatic nitrogens is 4. The normalized spacial score (nSPS) is 18.1. The summed E-state index contributed by atoms with van der Waals surface area (Å²) < 4.78 is 26.9. The first kappa shape index (κ1) is 55.4. The quantitative estimate of drug-likeness (QED) is 0.0673. The van der Waals surface area contributed by atoms with Crippen LogP contribution in [0.2, 0.25) is 10.0 Å². The van der Waals surface area contributed by atoms with Crippen LogP contribution in [-0.4, -0.2) is 83.3 Å². The van der Waals surface area contributed by atoms with E-state index in [0.29, 0.717) is 71.7 Å². The summed E-state index contributed by atoms with van der Waals surface area (Å²) in [6.45, 7) is 22.9. The van der Waals surface area contributed by atoms with Gasteiger partial charge < -0.3 is 29.6 Å². The molecule has 0 saturated heterocycles. The Kier molecular flexibility index (Phi) is 23.4. The van der Waals surface area contributed by atoms with Crippen LogP contribution in [0.25, 0.3) is 0 Å². The van der Waals surface area contributed by atoms with Crippen molar-refractivity contribution in [3.8, 4) is 11.5 Å². The average molecular weight is 991 g/mol. The molecule has 2 amide bonds. The minimum atomic E-state index is -0.446. The maximum absolute atomic E-state index is 12.4. The van der Waals surface area contributed by atoms with Gasteiger partial charge in [0.05, 0.1) is 26.3 Å². The first-order valence-electron chi connectivity index (χ1n) is 24.0. The summed E-state index contributed by atoms with van der Waals surface area (Å²) in [5.41, 5.74) is 3.73. The Morgan fingerprint density at radius 2 is 1.00 bits per heavy atom. The van der Waals surface area contributed by atoms with Crippen LogP contribution in [0, 0.1) is 37.5 Å². The molecule has 0 atom stereocenters. The second-order valence-electron chi connectivity index (χ2n) is 18.5. The van der Waals surface area contributed by atoms with Crippen molar-refractivity contribution in [3.63, 3.8) is 0 Å². The summed E-state index contributed by atoms with van der Waals surface area (Å²) in [5, 5.41) is 22.8. The van der Waals surface area contributed by atoms with Gasteiger partial charge in [0, 0.05) is 44.7 Å². The second-order valence-corrected chi connectivity index (χ2v) is 19.4. The molecule has 372 valence electrons. The molecule has 17 heteroatoms. The lowest BCUT2D eigenvalue weighted by atomic mass is 9.87. The largest absolute Gasteiger partial charge is 0.493 e. The highest BCUT2D eigenvalue weighted by Crippen LogP contribution is 2.29. The number of carbonyl (C=O) groups excluding carboxylic acids is 2. The zero-order valence-electron chi connectivity index (χ0n) is 40.8. The molecule has 2 aliphatic carbocycles. The predicted octanol–water partition coefficient (Wildman–Crippen LogP) is 11.7. The van der Waals surface area contributed by atoms with E-state index in [1.165, 1.54) is 0 Å². The van der Waals surface area contributed by atoms with Crippen LogP contribution < -0.4 is 30.7 Å². The monoisotopic (exact) mass is 988 g/mol. The maximum atomic E-state index is 12.4. The molecule has 0 radical (unpaired) electrons. The van der Waals surface area contributed by atoms with Crippen LogP contribution in [0.3, 0.4) is 0 Å². The van der Waals surface area contributed by atoms with Crippen molar-refractivity contribution >= 4 is 59.4 Å². The number of hydrogen-bond acceptors (Lipinski definition) is 10.